The molecule has 0 aromatic carbocycles. The van der Waals surface area contributed by atoms with E-state index in [9.17, 15) is 0 Å². The predicted octanol–water partition coefficient (Wildman–Crippen LogP) is 3.13. The van der Waals surface area contributed by atoms with Crippen molar-refractivity contribution in [2.45, 2.75) is 58.4 Å². The summed E-state index contributed by atoms with van der Waals surface area (Å²) >= 11 is 0. The lowest BCUT2D eigenvalue weighted by Gasteiger charge is -2.36. The van der Waals surface area contributed by atoms with E-state index >= 15 is 0 Å². The molecule has 2 bridgehead atoms. The summed E-state index contributed by atoms with van der Waals surface area (Å²) in [5.41, 5.74) is 0. The molecular formula is C17H32N2. The molecule has 1 N–H and O–H groups in total. The lowest BCUT2D eigenvalue weighted by molar-refractivity contribution is 0.153. The zero-order valence-corrected chi connectivity index (χ0v) is 12.9. The SMILES string of the molecule is CCN1CCCC(C(C)NCC2CC3CCC2C3)C1. The number of nitrogens with one attached hydrogen (secondary N) is 1. The van der Waals surface area contributed by atoms with Gasteiger partial charge in [-0.15, -0.1) is 0 Å². The van der Waals surface area contributed by atoms with E-state index in [1.54, 1.807) is 6.42 Å². The average Bonchev–Trinajstić information content (AvgIpc) is 3.07. The monoisotopic (exact) mass is 264 g/mol. The van der Waals surface area contributed by atoms with Crippen LogP contribution in [0.15, 0.2) is 0 Å². The number of nitrogens with zero attached hydrogens (tertiary/aromatic N) is 1. The van der Waals surface area contributed by atoms with Crippen molar-refractivity contribution in [3.8, 4) is 0 Å². The van der Waals surface area contributed by atoms with Crippen LogP contribution in [-0.4, -0.2) is 37.1 Å². The molecule has 1 aliphatic heterocycles. The number of piperidine rings is 1. The van der Waals surface area contributed by atoms with Gasteiger partial charge in [-0.25, -0.2) is 0 Å². The standard InChI is InChI=1S/C17H32N2/c1-3-19-8-4-5-16(12-19)13(2)18-11-17-10-14-6-7-15(17)9-14/h13-18H,3-12H2,1-2H3. The van der Waals surface area contributed by atoms with E-state index in [-0.39, 0.29) is 0 Å². The lowest BCUT2D eigenvalue weighted by Crippen LogP contribution is -2.45. The topological polar surface area (TPSA) is 15.3 Å². The summed E-state index contributed by atoms with van der Waals surface area (Å²) in [5.74, 6) is 4.06. The zero-order valence-electron chi connectivity index (χ0n) is 12.9. The molecule has 5 unspecified atom stereocenters. The predicted molar refractivity (Wildman–Crippen MR) is 81.2 cm³/mol. The second-order valence-electron chi connectivity index (χ2n) is 7.43. The van der Waals surface area contributed by atoms with Crippen LogP contribution in [0.2, 0.25) is 0 Å². The van der Waals surface area contributed by atoms with Crippen molar-refractivity contribution < 1.29 is 0 Å². The quantitative estimate of drug-likeness (QED) is 0.821. The molecular weight excluding hydrogens is 232 g/mol. The highest BCUT2D eigenvalue weighted by Crippen LogP contribution is 2.48. The van der Waals surface area contributed by atoms with Crippen molar-refractivity contribution >= 4 is 0 Å². The normalized spacial score (nSPS) is 40.7. The van der Waals surface area contributed by atoms with Crippen molar-refractivity contribution in [1.29, 1.82) is 0 Å². The Bertz CT molecular complexity index is 291. The van der Waals surface area contributed by atoms with Gasteiger partial charge in [-0.1, -0.05) is 13.3 Å². The van der Waals surface area contributed by atoms with Gasteiger partial charge in [-0.3, -0.25) is 0 Å². The van der Waals surface area contributed by atoms with Crippen LogP contribution in [-0.2, 0) is 0 Å². The van der Waals surface area contributed by atoms with Crippen molar-refractivity contribution in [3.05, 3.63) is 0 Å². The van der Waals surface area contributed by atoms with Crippen molar-refractivity contribution in [3.63, 3.8) is 0 Å². The number of hydrogen-bond acceptors (Lipinski definition) is 2. The Morgan fingerprint density at radius 3 is 2.79 bits per heavy atom. The molecule has 0 amide bonds. The van der Waals surface area contributed by atoms with Gasteiger partial charge >= 0.3 is 0 Å². The third kappa shape index (κ3) is 3.16. The second-order valence-corrected chi connectivity index (χ2v) is 7.43. The van der Waals surface area contributed by atoms with Gasteiger partial charge in [0.25, 0.3) is 0 Å². The number of fused-ring (bicyclic) bond motifs is 2. The summed E-state index contributed by atoms with van der Waals surface area (Å²) < 4.78 is 0. The lowest BCUT2D eigenvalue weighted by atomic mass is 9.87. The van der Waals surface area contributed by atoms with Gasteiger partial charge in [-0.2, -0.15) is 0 Å². The Balaban J connectivity index is 1.42. The summed E-state index contributed by atoms with van der Waals surface area (Å²) in [6.45, 7) is 9.90. The van der Waals surface area contributed by atoms with Crippen LogP contribution in [0.1, 0.15) is 52.4 Å². The van der Waals surface area contributed by atoms with Crippen molar-refractivity contribution in [2.75, 3.05) is 26.2 Å². The highest BCUT2D eigenvalue weighted by Gasteiger charge is 2.39. The van der Waals surface area contributed by atoms with E-state index in [2.05, 4.69) is 24.1 Å². The Hall–Kier alpha value is -0.0800. The number of hydrogen-bond donors (Lipinski definition) is 1. The summed E-state index contributed by atoms with van der Waals surface area (Å²) in [5, 5.41) is 3.90. The van der Waals surface area contributed by atoms with Gasteiger partial charge in [0.05, 0.1) is 0 Å². The maximum absolute atomic E-state index is 3.90. The molecule has 19 heavy (non-hydrogen) atoms. The zero-order chi connectivity index (χ0) is 13.2. The van der Waals surface area contributed by atoms with Crippen LogP contribution in [0.3, 0.4) is 0 Å². The van der Waals surface area contributed by atoms with Gasteiger partial charge in [0.15, 0.2) is 0 Å². The fourth-order valence-corrected chi connectivity index (χ4v) is 4.92. The molecule has 3 rings (SSSR count). The number of likely N-dealkylation sites (tertiary alicyclic amines) is 1. The van der Waals surface area contributed by atoms with Gasteiger partial charge in [-0.05, 0) is 82.3 Å². The smallest absolute Gasteiger partial charge is 0.00793 e. The number of rotatable bonds is 5. The summed E-state index contributed by atoms with van der Waals surface area (Å²) in [6.07, 6.45) is 8.97. The fourth-order valence-electron chi connectivity index (χ4n) is 4.92. The van der Waals surface area contributed by atoms with Gasteiger partial charge in [0.1, 0.15) is 0 Å². The second kappa shape index (κ2) is 6.13. The van der Waals surface area contributed by atoms with E-state index in [0.29, 0.717) is 6.04 Å². The summed E-state index contributed by atoms with van der Waals surface area (Å²) in [4.78, 5) is 2.63. The molecule has 2 aliphatic carbocycles. The van der Waals surface area contributed by atoms with Crippen LogP contribution in [0.25, 0.3) is 0 Å². The van der Waals surface area contributed by atoms with E-state index in [1.165, 1.54) is 58.3 Å². The first-order valence-electron chi connectivity index (χ1n) is 8.72. The molecule has 2 heteroatoms. The molecule has 2 nitrogen and oxygen atoms in total. The van der Waals surface area contributed by atoms with E-state index in [0.717, 1.165) is 23.7 Å². The Morgan fingerprint density at radius 2 is 2.11 bits per heavy atom. The van der Waals surface area contributed by atoms with Crippen LogP contribution in [0.5, 0.6) is 0 Å². The van der Waals surface area contributed by atoms with E-state index < -0.39 is 0 Å². The maximum Gasteiger partial charge on any atom is 0.00793 e. The molecule has 0 aromatic heterocycles. The first-order valence-corrected chi connectivity index (χ1v) is 8.72. The largest absolute Gasteiger partial charge is 0.314 e. The van der Waals surface area contributed by atoms with Crippen LogP contribution in [0, 0.1) is 23.7 Å². The molecule has 0 radical (unpaired) electrons. The Kier molecular flexibility index (Phi) is 4.48. The third-order valence-electron chi connectivity index (χ3n) is 6.28. The van der Waals surface area contributed by atoms with Crippen LogP contribution in [0.4, 0.5) is 0 Å². The minimum Gasteiger partial charge on any atom is -0.314 e. The van der Waals surface area contributed by atoms with Gasteiger partial charge in [0.2, 0.25) is 0 Å². The molecule has 0 aromatic rings. The van der Waals surface area contributed by atoms with Crippen LogP contribution < -0.4 is 5.32 Å². The summed E-state index contributed by atoms with van der Waals surface area (Å²) in [6, 6.07) is 0.716. The van der Waals surface area contributed by atoms with Gasteiger partial charge in [0, 0.05) is 12.6 Å². The maximum atomic E-state index is 3.90. The molecule has 5 atom stereocenters. The third-order valence-corrected chi connectivity index (χ3v) is 6.28. The first-order chi connectivity index (χ1) is 9.26. The highest BCUT2D eigenvalue weighted by atomic mass is 15.1. The Morgan fingerprint density at radius 1 is 1.21 bits per heavy atom. The van der Waals surface area contributed by atoms with Crippen LogP contribution >= 0.6 is 0 Å². The van der Waals surface area contributed by atoms with Crippen molar-refractivity contribution in [2.24, 2.45) is 23.7 Å². The minimum atomic E-state index is 0.716. The average molecular weight is 264 g/mol. The fraction of sp³-hybridized carbons (Fsp3) is 1.00. The van der Waals surface area contributed by atoms with Gasteiger partial charge < -0.3 is 10.2 Å². The molecule has 3 aliphatic rings. The Labute approximate surface area is 119 Å². The minimum absolute atomic E-state index is 0.716. The van der Waals surface area contributed by atoms with E-state index in [1.807, 2.05) is 0 Å². The molecule has 1 saturated heterocycles. The first kappa shape index (κ1) is 13.9. The molecule has 110 valence electrons. The molecule has 1 heterocycles. The summed E-state index contributed by atoms with van der Waals surface area (Å²) in [7, 11) is 0. The molecule has 2 saturated carbocycles. The van der Waals surface area contributed by atoms with E-state index in [4.69, 9.17) is 0 Å². The molecule has 0 spiro atoms. The highest BCUT2D eigenvalue weighted by molar-refractivity contribution is 4.91. The van der Waals surface area contributed by atoms with Crippen molar-refractivity contribution in [1.82, 2.24) is 10.2 Å². The molecule has 3 fully saturated rings.